The summed E-state index contributed by atoms with van der Waals surface area (Å²) in [6.07, 6.45) is 12.1. The second-order valence-electron chi connectivity index (χ2n) is 7.56. The van der Waals surface area contributed by atoms with Crippen LogP contribution in [0.15, 0.2) is 0 Å². The Kier molecular flexibility index (Phi) is 19.8. The molecule has 1 saturated heterocycles. The number of hydrogen-bond acceptors (Lipinski definition) is 6. The molecule has 1 aliphatic rings. The van der Waals surface area contributed by atoms with Crippen LogP contribution < -0.4 is 10.6 Å². The van der Waals surface area contributed by atoms with Gasteiger partial charge in [-0.1, -0.05) is 58.3 Å². The minimum Gasteiger partial charge on any atom is -0.378 e. The van der Waals surface area contributed by atoms with E-state index in [0.717, 1.165) is 45.8 Å². The second kappa shape index (κ2) is 21.5. The summed E-state index contributed by atoms with van der Waals surface area (Å²) in [5.74, 6) is 0. The normalized spacial score (nSPS) is 22.4. The Hall–Kier alpha value is -0.240. The number of nitrogens with one attached hydrogen (secondary N) is 2. The summed E-state index contributed by atoms with van der Waals surface area (Å²) >= 11 is 0. The zero-order chi connectivity index (χ0) is 20.0. The van der Waals surface area contributed by atoms with Crippen molar-refractivity contribution in [3.63, 3.8) is 0 Å². The van der Waals surface area contributed by atoms with Crippen molar-refractivity contribution < 1.29 is 18.9 Å². The van der Waals surface area contributed by atoms with Gasteiger partial charge in [-0.15, -0.1) is 0 Å². The molecule has 0 radical (unpaired) electrons. The first-order valence-electron chi connectivity index (χ1n) is 11.7. The highest BCUT2D eigenvalue weighted by atomic mass is 16.5. The van der Waals surface area contributed by atoms with Gasteiger partial charge in [0.2, 0.25) is 0 Å². The third kappa shape index (κ3) is 17.8. The molecule has 0 aromatic heterocycles. The van der Waals surface area contributed by atoms with Crippen LogP contribution in [0.3, 0.4) is 0 Å². The minimum absolute atomic E-state index is 0.209. The Morgan fingerprint density at radius 1 is 0.607 bits per heavy atom. The van der Waals surface area contributed by atoms with Crippen molar-refractivity contribution in [3.05, 3.63) is 0 Å². The highest BCUT2D eigenvalue weighted by Crippen LogP contribution is 2.12. The highest BCUT2D eigenvalue weighted by Gasteiger charge is 2.09. The zero-order valence-corrected chi connectivity index (χ0v) is 18.4. The topological polar surface area (TPSA) is 61.0 Å². The van der Waals surface area contributed by atoms with Gasteiger partial charge in [0.15, 0.2) is 0 Å². The van der Waals surface area contributed by atoms with Crippen molar-refractivity contribution in [1.82, 2.24) is 10.6 Å². The lowest BCUT2D eigenvalue weighted by atomic mass is 10.1. The fourth-order valence-electron chi connectivity index (χ4n) is 3.24. The van der Waals surface area contributed by atoms with Crippen LogP contribution in [-0.4, -0.2) is 78.5 Å². The molecule has 1 heterocycles. The SMILES string of the molecule is CCCCCCCCCCC1COCCNCCOCCOCCNCCO1. The molecule has 0 spiro atoms. The molecule has 6 nitrogen and oxygen atoms in total. The van der Waals surface area contributed by atoms with Crippen molar-refractivity contribution in [2.45, 2.75) is 70.8 Å². The van der Waals surface area contributed by atoms with Gasteiger partial charge < -0.3 is 29.6 Å². The Bertz CT molecular complexity index is 290. The predicted molar refractivity (Wildman–Crippen MR) is 115 cm³/mol. The van der Waals surface area contributed by atoms with Crippen molar-refractivity contribution in [2.75, 3.05) is 72.4 Å². The Morgan fingerprint density at radius 2 is 1.14 bits per heavy atom. The lowest BCUT2D eigenvalue weighted by Gasteiger charge is -2.19. The molecule has 1 unspecified atom stereocenters. The monoisotopic (exact) mass is 402 g/mol. The van der Waals surface area contributed by atoms with E-state index >= 15 is 0 Å². The first kappa shape index (κ1) is 25.8. The minimum atomic E-state index is 0.209. The molecule has 0 saturated carbocycles. The van der Waals surface area contributed by atoms with E-state index in [2.05, 4.69) is 17.6 Å². The second-order valence-corrected chi connectivity index (χ2v) is 7.56. The van der Waals surface area contributed by atoms with E-state index in [1.807, 2.05) is 0 Å². The molecule has 0 bridgehead atoms. The van der Waals surface area contributed by atoms with Crippen LogP contribution >= 0.6 is 0 Å². The Morgan fingerprint density at radius 3 is 1.79 bits per heavy atom. The highest BCUT2D eigenvalue weighted by molar-refractivity contribution is 4.60. The molecule has 0 aliphatic carbocycles. The Balaban J connectivity index is 2.15. The fourth-order valence-corrected chi connectivity index (χ4v) is 3.24. The van der Waals surface area contributed by atoms with Crippen LogP contribution in [-0.2, 0) is 18.9 Å². The van der Waals surface area contributed by atoms with E-state index in [1.165, 1.54) is 51.4 Å². The summed E-state index contributed by atoms with van der Waals surface area (Å²) in [5.41, 5.74) is 0. The van der Waals surface area contributed by atoms with E-state index in [4.69, 9.17) is 18.9 Å². The molecular weight excluding hydrogens is 356 g/mol. The lowest BCUT2D eigenvalue weighted by Crippen LogP contribution is -2.30. The number of ether oxygens (including phenoxy) is 4. The van der Waals surface area contributed by atoms with Gasteiger partial charge in [-0.3, -0.25) is 0 Å². The molecule has 1 atom stereocenters. The molecule has 1 rings (SSSR count). The van der Waals surface area contributed by atoms with E-state index in [0.29, 0.717) is 33.0 Å². The molecule has 28 heavy (non-hydrogen) atoms. The van der Waals surface area contributed by atoms with Crippen LogP contribution in [0.25, 0.3) is 0 Å². The Labute approximate surface area is 173 Å². The maximum Gasteiger partial charge on any atom is 0.0809 e. The molecule has 0 amide bonds. The van der Waals surface area contributed by atoms with Crippen LogP contribution in [0.4, 0.5) is 0 Å². The van der Waals surface area contributed by atoms with Crippen LogP contribution in [0.1, 0.15) is 64.7 Å². The molecular formula is C22H46N2O4. The molecule has 0 aromatic rings. The van der Waals surface area contributed by atoms with E-state index in [9.17, 15) is 0 Å². The maximum atomic E-state index is 6.08. The van der Waals surface area contributed by atoms with Crippen LogP contribution in [0.2, 0.25) is 0 Å². The van der Waals surface area contributed by atoms with Gasteiger partial charge in [-0.2, -0.15) is 0 Å². The molecule has 168 valence electrons. The molecule has 2 N–H and O–H groups in total. The van der Waals surface area contributed by atoms with Gasteiger partial charge in [0, 0.05) is 26.2 Å². The number of unbranched alkanes of at least 4 members (excludes halogenated alkanes) is 7. The summed E-state index contributed by atoms with van der Waals surface area (Å²) < 4.78 is 23.0. The van der Waals surface area contributed by atoms with E-state index in [-0.39, 0.29) is 6.10 Å². The standard InChI is InChI=1S/C22H46N2O4/c1-2-3-4-5-6-7-8-9-10-22-21-27-17-13-23-11-15-25-19-20-26-16-12-24-14-18-28-22/h22-24H,2-21H2,1H3. The quantitative estimate of drug-likeness (QED) is 0.578. The largest absolute Gasteiger partial charge is 0.378 e. The van der Waals surface area contributed by atoms with Gasteiger partial charge in [0.1, 0.15) is 0 Å². The lowest BCUT2D eigenvalue weighted by molar-refractivity contribution is -0.0206. The van der Waals surface area contributed by atoms with Gasteiger partial charge in [-0.05, 0) is 6.42 Å². The third-order valence-corrected chi connectivity index (χ3v) is 4.96. The molecule has 6 heteroatoms. The predicted octanol–water partition coefficient (Wildman–Crippen LogP) is 3.15. The summed E-state index contributed by atoms with van der Waals surface area (Å²) in [5, 5.41) is 6.71. The van der Waals surface area contributed by atoms with E-state index < -0.39 is 0 Å². The van der Waals surface area contributed by atoms with Crippen molar-refractivity contribution in [1.29, 1.82) is 0 Å². The number of hydrogen-bond donors (Lipinski definition) is 2. The van der Waals surface area contributed by atoms with Crippen molar-refractivity contribution in [2.24, 2.45) is 0 Å². The first-order chi connectivity index (χ1) is 13.9. The van der Waals surface area contributed by atoms with Crippen LogP contribution in [0, 0.1) is 0 Å². The number of rotatable bonds is 9. The molecule has 1 aliphatic heterocycles. The molecule has 0 aromatic carbocycles. The van der Waals surface area contributed by atoms with Gasteiger partial charge in [0.25, 0.3) is 0 Å². The summed E-state index contributed by atoms with van der Waals surface area (Å²) in [4.78, 5) is 0. The van der Waals surface area contributed by atoms with Gasteiger partial charge in [-0.25, -0.2) is 0 Å². The third-order valence-electron chi connectivity index (χ3n) is 4.96. The fraction of sp³-hybridized carbons (Fsp3) is 1.00. The summed E-state index contributed by atoms with van der Waals surface area (Å²) in [7, 11) is 0. The average Bonchev–Trinajstić information content (AvgIpc) is 2.71. The maximum absolute atomic E-state index is 6.08. The zero-order valence-electron chi connectivity index (χ0n) is 18.4. The summed E-state index contributed by atoms with van der Waals surface area (Å²) in [6, 6.07) is 0. The average molecular weight is 403 g/mol. The first-order valence-corrected chi connectivity index (χ1v) is 11.7. The van der Waals surface area contributed by atoms with Gasteiger partial charge >= 0.3 is 0 Å². The smallest absolute Gasteiger partial charge is 0.0809 e. The van der Waals surface area contributed by atoms with Crippen LogP contribution in [0.5, 0.6) is 0 Å². The van der Waals surface area contributed by atoms with Crippen molar-refractivity contribution in [3.8, 4) is 0 Å². The van der Waals surface area contributed by atoms with Crippen molar-refractivity contribution >= 4 is 0 Å². The summed E-state index contributed by atoms with van der Waals surface area (Å²) in [6.45, 7) is 10.6. The van der Waals surface area contributed by atoms with Gasteiger partial charge in [0.05, 0.1) is 52.4 Å². The van der Waals surface area contributed by atoms with E-state index in [1.54, 1.807) is 0 Å². The molecule has 1 fully saturated rings.